The summed E-state index contributed by atoms with van der Waals surface area (Å²) in [6.07, 6.45) is 2.22. The molecule has 1 aliphatic heterocycles. The summed E-state index contributed by atoms with van der Waals surface area (Å²) < 4.78 is 6.45. The van der Waals surface area contributed by atoms with Gasteiger partial charge < -0.3 is 4.42 Å². The number of amides is 1. The van der Waals surface area contributed by atoms with Gasteiger partial charge in [-0.15, -0.1) is 11.3 Å². The van der Waals surface area contributed by atoms with Gasteiger partial charge in [-0.2, -0.15) is 5.10 Å². The third-order valence-electron chi connectivity index (χ3n) is 4.13. The number of carbonyl (C=O) groups excluding carboxylic acids is 1. The fourth-order valence-electron chi connectivity index (χ4n) is 2.85. The lowest BCUT2D eigenvalue weighted by atomic mass is 10.0. The number of hydrogen-bond donors (Lipinski definition) is 0. The van der Waals surface area contributed by atoms with Gasteiger partial charge in [0.1, 0.15) is 11.8 Å². The maximum absolute atomic E-state index is 12.9. The average Bonchev–Trinajstić information content (AvgIpc) is 3.40. The first-order valence-electron chi connectivity index (χ1n) is 8.34. The Bertz CT molecular complexity index is 967. The van der Waals surface area contributed by atoms with Crippen molar-refractivity contribution in [1.82, 2.24) is 9.99 Å². The summed E-state index contributed by atoms with van der Waals surface area (Å²) in [6, 6.07) is 11.0. The number of carbonyl (C=O) groups is 1. The Morgan fingerprint density at radius 2 is 2.19 bits per heavy atom. The molecule has 138 valence electrons. The Hall–Kier alpha value is -2.09. The lowest BCUT2D eigenvalue weighted by Crippen LogP contribution is -2.28. The summed E-state index contributed by atoms with van der Waals surface area (Å²) in [5, 5.41) is 8.79. The number of hydrogen-bond acceptors (Lipinski definition) is 6. The molecule has 2 aromatic heterocycles. The summed E-state index contributed by atoms with van der Waals surface area (Å²) in [6.45, 7) is 1.94. The summed E-state index contributed by atoms with van der Waals surface area (Å²) >= 11 is 8.96. The van der Waals surface area contributed by atoms with Crippen LogP contribution in [0.15, 0.2) is 61.9 Å². The van der Waals surface area contributed by atoms with Crippen LogP contribution in [0.25, 0.3) is 0 Å². The molecule has 0 spiro atoms. The van der Waals surface area contributed by atoms with Crippen LogP contribution in [0, 0.1) is 6.92 Å². The van der Waals surface area contributed by atoms with E-state index in [1.807, 2.05) is 48.7 Å². The second-order valence-electron chi connectivity index (χ2n) is 6.07. The van der Waals surface area contributed by atoms with Crippen LogP contribution in [-0.2, 0) is 4.79 Å². The van der Waals surface area contributed by atoms with Crippen molar-refractivity contribution in [2.45, 2.75) is 23.7 Å². The molecule has 1 aromatic carbocycles. The van der Waals surface area contributed by atoms with Gasteiger partial charge in [-0.3, -0.25) is 4.79 Å². The van der Waals surface area contributed by atoms with E-state index in [1.165, 1.54) is 16.8 Å². The predicted octanol–water partition coefficient (Wildman–Crippen LogP) is 5.17. The van der Waals surface area contributed by atoms with E-state index in [-0.39, 0.29) is 17.7 Å². The third-order valence-corrected chi connectivity index (χ3v) is 6.51. The monoisotopic (exact) mass is 417 g/mol. The first-order chi connectivity index (χ1) is 13.1. The van der Waals surface area contributed by atoms with Gasteiger partial charge in [0, 0.05) is 22.5 Å². The van der Waals surface area contributed by atoms with Crippen molar-refractivity contribution < 1.29 is 9.21 Å². The molecule has 1 atom stereocenters. The first kappa shape index (κ1) is 18.3. The van der Waals surface area contributed by atoms with E-state index in [0.717, 1.165) is 27.1 Å². The number of aryl methyl sites for hydroxylation is 1. The van der Waals surface area contributed by atoms with Gasteiger partial charge in [-0.25, -0.2) is 9.99 Å². The number of aromatic nitrogens is 1. The molecule has 0 unspecified atom stereocenters. The minimum absolute atomic E-state index is 0.0711. The van der Waals surface area contributed by atoms with Gasteiger partial charge in [-0.05, 0) is 36.8 Å². The second-order valence-corrected chi connectivity index (χ2v) is 8.59. The number of hydrazone groups is 1. The van der Waals surface area contributed by atoms with E-state index in [2.05, 4.69) is 10.1 Å². The second kappa shape index (κ2) is 7.88. The maximum Gasteiger partial charge on any atom is 0.253 e. The van der Waals surface area contributed by atoms with Gasteiger partial charge in [0.05, 0.1) is 17.7 Å². The highest BCUT2D eigenvalue weighted by Crippen LogP contribution is 2.34. The van der Waals surface area contributed by atoms with Crippen molar-refractivity contribution >= 4 is 46.3 Å². The van der Waals surface area contributed by atoms with Crippen LogP contribution in [-0.4, -0.2) is 27.4 Å². The number of nitrogens with zero attached hydrogens (tertiary/aromatic N) is 3. The average molecular weight is 418 g/mol. The number of rotatable bonds is 5. The topological polar surface area (TPSA) is 58.7 Å². The molecule has 0 aliphatic carbocycles. The van der Waals surface area contributed by atoms with E-state index < -0.39 is 0 Å². The van der Waals surface area contributed by atoms with Crippen molar-refractivity contribution in [2.75, 3.05) is 5.75 Å². The van der Waals surface area contributed by atoms with Crippen LogP contribution >= 0.6 is 34.7 Å². The van der Waals surface area contributed by atoms with Gasteiger partial charge in [0.25, 0.3) is 5.91 Å². The number of thiazole rings is 1. The number of benzene rings is 1. The van der Waals surface area contributed by atoms with Crippen LogP contribution in [0.1, 0.15) is 29.5 Å². The van der Waals surface area contributed by atoms with E-state index >= 15 is 0 Å². The molecule has 1 aliphatic rings. The molecule has 4 rings (SSSR count). The molecular weight excluding hydrogens is 402 g/mol. The summed E-state index contributed by atoms with van der Waals surface area (Å²) in [4.78, 5) is 17.3. The highest BCUT2D eigenvalue weighted by atomic mass is 35.5. The van der Waals surface area contributed by atoms with Crippen molar-refractivity contribution in [1.29, 1.82) is 0 Å². The van der Waals surface area contributed by atoms with Crippen LogP contribution in [0.2, 0.25) is 5.02 Å². The van der Waals surface area contributed by atoms with Gasteiger partial charge in [-0.1, -0.05) is 35.5 Å². The molecule has 3 aromatic rings. The van der Waals surface area contributed by atoms with Crippen molar-refractivity contribution in [3.05, 3.63) is 70.1 Å². The Morgan fingerprint density at radius 1 is 1.37 bits per heavy atom. The normalized spacial score (nSPS) is 16.6. The zero-order chi connectivity index (χ0) is 18.8. The first-order valence-corrected chi connectivity index (χ1v) is 10.6. The SMILES string of the molecule is Cc1csc(SCC(=O)N2N=C(c3ccc(Cl)cc3)C[C@H]2c2ccco2)n1. The molecule has 1 amide bonds. The Balaban J connectivity index is 1.55. The lowest BCUT2D eigenvalue weighted by Gasteiger charge is -2.19. The highest BCUT2D eigenvalue weighted by molar-refractivity contribution is 8.01. The smallest absolute Gasteiger partial charge is 0.253 e. The van der Waals surface area contributed by atoms with E-state index in [4.69, 9.17) is 16.0 Å². The van der Waals surface area contributed by atoms with Crippen LogP contribution < -0.4 is 0 Å². The molecule has 0 bridgehead atoms. The highest BCUT2D eigenvalue weighted by Gasteiger charge is 2.34. The third kappa shape index (κ3) is 4.10. The zero-order valence-corrected chi connectivity index (χ0v) is 16.9. The molecule has 5 nitrogen and oxygen atoms in total. The number of thioether (sulfide) groups is 1. The number of halogens is 1. The largest absolute Gasteiger partial charge is 0.467 e. The van der Waals surface area contributed by atoms with Crippen molar-refractivity contribution in [3.63, 3.8) is 0 Å². The van der Waals surface area contributed by atoms with Crippen molar-refractivity contribution in [3.8, 4) is 0 Å². The number of furan rings is 1. The molecule has 0 saturated carbocycles. The Kier molecular flexibility index (Phi) is 5.33. The Labute approximate surface area is 170 Å². The van der Waals surface area contributed by atoms with E-state index in [9.17, 15) is 4.79 Å². The van der Waals surface area contributed by atoms with Gasteiger partial charge >= 0.3 is 0 Å². The van der Waals surface area contributed by atoms with E-state index in [0.29, 0.717) is 11.4 Å². The molecule has 0 radical (unpaired) electrons. The molecule has 27 heavy (non-hydrogen) atoms. The van der Waals surface area contributed by atoms with Crippen molar-refractivity contribution in [2.24, 2.45) is 5.10 Å². The minimum atomic E-state index is -0.239. The lowest BCUT2D eigenvalue weighted by molar-refractivity contribution is -0.130. The predicted molar refractivity (Wildman–Crippen MR) is 108 cm³/mol. The van der Waals surface area contributed by atoms with E-state index in [1.54, 1.807) is 17.6 Å². The minimum Gasteiger partial charge on any atom is -0.467 e. The summed E-state index contributed by atoms with van der Waals surface area (Å²) in [7, 11) is 0. The molecule has 0 fully saturated rings. The quantitative estimate of drug-likeness (QED) is 0.537. The fourth-order valence-corrected chi connectivity index (χ4v) is 4.68. The van der Waals surface area contributed by atoms with Gasteiger partial charge in [0.2, 0.25) is 0 Å². The molecule has 8 heteroatoms. The fraction of sp³-hybridized carbons (Fsp3) is 0.211. The molecule has 0 N–H and O–H groups in total. The van der Waals surface area contributed by atoms with Crippen LogP contribution in [0.4, 0.5) is 0 Å². The van der Waals surface area contributed by atoms with Crippen LogP contribution in [0.5, 0.6) is 0 Å². The maximum atomic E-state index is 12.9. The van der Waals surface area contributed by atoms with Crippen LogP contribution in [0.3, 0.4) is 0 Å². The molecular formula is C19H16ClN3O2S2. The summed E-state index contributed by atoms with van der Waals surface area (Å²) in [5.74, 6) is 0.936. The van der Waals surface area contributed by atoms with Gasteiger partial charge in [0.15, 0.2) is 4.34 Å². The zero-order valence-electron chi connectivity index (χ0n) is 14.5. The molecule has 0 saturated heterocycles. The molecule has 3 heterocycles. The summed E-state index contributed by atoms with van der Waals surface area (Å²) in [5.41, 5.74) is 2.76. The standard InChI is InChI=1S/C19H16ClN3O2S2/c1-12-10-26-19(21-12)27-11-18(24)23-16(17-3-2-8-25-17)9-15(22-23)13-4-6-14(20)7-5-13/h2-8,10,16H,9,11H2,1H3/t16-/m0/s1. The Morgan fingerprint density at radius 3 is 2.85 bits per heavy atom.